The van der Waals surface area contributed by atoms with Crippen LogP contribution in [0, 0.1) is 6.92 Å². The van der Waals surface area contributed by atoms with Crippen molar-refractivity contribution in [2.45, 2.75) is 70.3 Å². The highest BCUT2D eigenvalue weighted by atomic mass is 32.1. The number of aromatic nitrogens is 2. The monoisotopic (exact) mass is 446 g/mol. The first-order chi connectivity index (χ1) is 15.0. The largest absolute Gasteiger partial charge is 0.494 e. The lowest BCUT2D eigenvalue weighted by Gasteiger charge is -2.38. The van der Waals surface area contributed by atoms with E-state index in [-0.39, 0.29) is 27.0 Å². The third-order valence-electron chi connectivity index (χ3n) is 7.35. The minimum Gasteiger partial charge on any atom is -0.494 e. The summed E-state index contributed by atoms with van der Waals surface area (Å²) in [7, 11) is 0. The highest BCUT2D eigenvalue weighted by molar-refractivity contribution is 7.07. The quantitative estimate of drug-likeness (QED) is 0.533. The van der Waals surface area contributed by atoms with E-state index >= 15 is 0 Å². The lowest BCUT2D eigenvalue weighted by atomic mass is 9.66. The van der Waals surface area contributed by atoms with Crippen LogP contribution >= 0.6 is 11.3 Å². The number of pyridine rings is 1. The Labute approximate surface area is 193 Å². The summed E-state index contributed by atoms with van der Waals surface area (Å²) in [6, 6.07) is 8.98. The van der Waals surface area contributed by atoms with Gasteiger partial charge >= 0.3 is 4.87 Å². The molecule has 0 amide bonds. The number of fused-ring (bicyclic) bond motifs is 1. The van der Waals surface area contributed by atoms with Crippen molar-refractivity contribution in [2.75, 3.05) is 0 Å². The van der Waals surface area contributed by atoms with E-state index in [1.165, 1.54) is 32.2 Å². The second-order valence-electron chi connectivity index (χ2n) is 10.6. The van der Waals surface area contributed by atoms with Crippen molar-refractivity contribution in [2.24, 2.45) is 0 Å². The van der Waals surface area contributed by atoms with Gasteiger partial charge in [0, 0.05) is 22.4 Å². The maximum absolute atomic E-state index is 11.9. The van der Waals surface area contributed by atoms with E-state index in [4.69, 9.17) is 4.98 Å². The van der Waals surface area contributed by atoms with Gasteiger partial charge in [0.2, 0.25) is 5.88 Å². The molecule has 0 atom stereocenters. The number of rotatable bonds is 4. The van der Waals surface area contributed by atoms with Crippen LogP contribution in [0.3, 0.4) is 0 Å². The Morgan fingerprint density at radius 1 is 1.03 bits per heavy atom. The minimum absolute atomic E-state index is 0.00649. The summed E-state index contributed by atoms with van der Waals surface area (Å²) in [5, 5.41) is 11.4. The molecule has 0 spiro atoms. The zero-order valence-corrected chi connectivity index (χ0v) is 20.2. The van der Waals surface area contributed by atoms with Gasteiger partial charge < -0.3 is 5.11 Å². The predicted molar refractivity (Wildman–Crippen MR) is 130 cm³/mol. The molecule has 1 aromatic carbocycles. The topological polar surface area (TPSA) is 55.1 Å². The van der Waals surface area contributed by atoms with Crippen LogP contribution in [0.2, 0.25) is 0 Å². The van der Waals surface area contributed by atoms with E-state index in [9.17, 15) is 9.90 Å². The molecule has 0 unspecified atom stereocenters. The third kappa shape index (κ3) is 3.25. The van der Waals surface area contributed by atoms with E-state index < -0.39 is 0 Å². The van der Waals surface area contributed by atoms with E-state index in [1.54, 1.807) is 0 Å². The van der Waals surface area contributed by atoms with E-state index in [0.717, 1.165) is 35.4 Å². The van der Waals surface area contributed by atoms with Crippen molar-refractivity contribution in [1.29, 1.82) is 0 Å². The Balaban J connectivity index is 1.52. The van der Waals surface area contributed by atoms with E-state index in [2.05, 4.69) is 65.0 Å². The van der Waals surface area contributed by atoms with Crippen molar-refractivity contribution >= 4 is 11.3 Å². The fraction of sp³-hybridized carbons (Fsp3) is 0.407. The average Bonchev–Trinajstić information content (AvgIpc) is 3.49. The summed E-state index contributed by atoms with van der Waals surface area (Å²) in [5.74, 6) is 0.00649. The molecule has 0 aliphatic heterocycles. The number of benzene rings is 1. The summed E-state index contributed by atoms with van der Waals surface area (Å²) in [4.78, 5) is 16.6. The van der Waals surface area contributed by atoms with Crippen LogP contribution in [0.15, 0.2) is 52.8 Å². The van der Waals surface area contributed by atoms with Gasteiger partial charge in [0.15, 0.2) is 0 Å². The van der Waals surface area contributed by atoms with E-state index in [1.807, 2.05) is 12.3 Å². The Kier molecular flexibility index (Phi) is 4.58. The molecule has 0 radical (unpaired) electrons. The molecule has 1 fully saturated rings. The highest BCUT2D eigenvalue weighted by Gasteiger charge is 2.49. The highest BCUT2D eigenvalue weighted by Crippen LogP contribution is 2.55. The Hall–Kier alpha value is -2.66. The van der Waals surface area contributed by atoms with Crippen molar-refractivity contribution in [3.05, 3.63) is 91.2 Å². The predicted octanol–water partition coefficient (Wildman–Crippen LogP) is 5.57. The number of hydrogen-bond acceptors (Lipinski definition) is 4. The molecule has 1 N–H and O–H groups in total. The summed E-state index contributed by atoms with van der Waals surface area (Å²) in [6.07, 6.45) is 8.75. The molecule has 5 heteroatoms. The number of aromatic hydroxyl groups is 1. The number of aryl methyl sites for hydroxylation is 1. The van der Waals surface area contributed by atoms with Gasteiger partial charge in [-0.2, -0.15) is 0 Å². The summed E-state index contributed by atoms with van der Waals surface area (Å²) in [5.41, 5.74) is 7.59. The van der Waals surface area contributed by atoms with Crippen molar-refractivity contribution < 1.29 is 5.11 Å². The van der Waals surface area contributed by atoms with Crippen molar-refractivity contribution in [1.82, 2.24) is 9.55 Å². The maximum atomic E-state index is 11.9. The summed E-state index contributed by atoms with van der Waals surface area (Å²) < 4.78 is 1.37. The van der Waals surface area contributed by atoms with Crippen LogP contribution in [0.1, 0.15) is 74.0 Å². The van der Waals surface area contributed by atoms with Gasteiger partial charge in [0.05, 0.1) is 17.6 Å². The minimum atomic E-state index is -0.158. The third-order valence-corrected chi connectivity index (χ3v) is 8.10. The van der Waals surface area contributed by atoms with Gasteiger partial charge in [-0.15, -0.1) is 0 Å². The normalized spacial score (nSPS) is 19.5. The smallest absolute Gasteiger partial charge is 0.310 e. The zero-order valence-electron chi connectivity index (χ0n) is 19.4. The SMILES string of the molecule is Cc1cc2c(cc1C1(c3ccc(Cn4c(O)csc4=O)cn3)CC1)C(C)(C)C=CC2(C)C. The molecule has 1 saturated carbocycles. The molecule has 166 valence electrons. The van der Waals surface area contributed by atoms with Gasteiger partial charge in [-0.3, -0.25) is 14.3 Å². The molecule has 2 aliphatic carbocycles. The molecule has 5 rings (SSSR count). The molecule has 4 nitrogen and oxygen atoms in total. The molecule has 32 heavy (non-hydrogen) atoms. The van der Waals surface area contributed by atoms with E-state index in [0.29, 0.717) is 6.54 Å². The van der Waals surface area contributed by atoms with Crippen LogP contribution in [0.25, 0.3) is 0 Å². The van der Waals surface area contributed by atoms with Crippen LogP contribution in [0.4, 0.5) is 0 Å². The number of allylic oxidation sites excluding steroid dienone is 2. The second-order valence-corrected chi connectivity index (χ2v) is 11.4. The van der Waals surface area contributed by atoms with Crippen molar-refractivity contribution in [3.8, 4) is 5.88 Å². The zero-order chi connectivity index (χ0) is 22.9. The lowest BCUT2D eigenvalue weighted by Crippen LogP contribution is -2.30. The molecular weight excluding hydrogens is 416 g/mol. The van der Waals surface area contributed by atoms with Gasteiger partial charge in [-0.05, 0) is 53.6 Å². The van der Waals surface area contributed by atoms with Crippen LogP contribution < -0.4 is 4.87 Å². The fourth-order valence-corrected chi connectivity index (χ4v) is 5.75. The standard InChI is InChI=1S/C27H30N2O2S/c1-17-12-20-21(26(4,5)9-8-25(20,2)3)13-19(17)27(10-11-27)22-7-6-18(14-28-22)15-29-23(30)16-32-24(29)31/h6-9,12-14,16,30H,10-11,15H2,1-5H3. The first-order valence-electron chi connectivity index (χ1n) is 11.2. The van der Waals surface area contributed by atoms with Gasteiger partial charge in [0.25, 0.3) is 0 Å². The van der Waals surface area contributed by atoms with Gasteiger partial charge in [-0.25, -0.2) is 0 Å². The number of hydrogen-bond donors (Lipinski definition) is 1. The Morgan fingerprint density at radius 2 is 1.69 bits per heavy atom. The maximum Gasteiger partial charge on any atom is 0.310 e. The average molecular weight is 447 g/mol. The Bertz CT molecular complexity index is 1290. The molecule has 2 aliphatic rings. The number of nitrogens with zero attached hydrogens (tertiary/aromatic N) is 2. The molecule has 2 heterocycles. The molecule has 3 aromatic rings. The molecule has 0 saturated heterocycles. The van der Waals surface area contributed by atoms with Crippen LogP contribution in [-0.2, 0) is 22.8 Å². The first kappa shape index (κ1) is 21.2. The molecular formula is C27H30N2O2S. The summed E-state index contributed by atoms with van der Waals surface area (Å²) in [6.45, 7) is 11.7. The summed E-state index contributed by atoms with van der Waals surface area (Å²) >= 11 is 1.01. The molecule has 0 bridgehead atoms. The van der Waals surface area contributed by atoms with Gasteiger partial charge in [-0.1, -0.05) is 69.4 Å². The molecule has 2 aromatic heterocycles. The second kappa shape index (κ2) is 6.92. The lowest BCUT2D eigenvalue weighted by molar-refractivity contribution is 0.421. The van der Waals surface area contributed by atoms with Crippen LogP contribution in [0.5, 0.6) is 5.88 Å². The fourth-order valence-electron chi connectivity index (χ4n) is 5.13. The van der Waals surface area contributed by atoms with Crippen LogP contribution in [-0.4, -0.2) is 14.7 Å². The first-order valence-corrected chi connectivity index (χ1v) is 12.1. The van der Waals surface area contributed by atoms with Gasteiger partial charge in [0.1, 0.15) is 0 Å². The number of thiazole rings is 1. The van der Waals surface area contributed by atoms with Crippen molar-refractivity contribution in [3.63, 3.8) is 0 Å². The Morgan fingerprint density at radius 3 is 2.22 bits per heavy atom.